The Bertz CT molecular complexity index is 598. The number of benzene rings is 1. The van der Waals surface area contributed by atoms with Crippen molar-refractivity contribution >= 4 is 38.2 Å². The van der Waals surface area contributed by atoms with Gasteiger partial charge in [0.25, 0.3) is 0 Å². The lowest BCUT2D eigenvalue weighted by Gasteiger charge is -2.17. The zero-order valence-corrected chi connectivity index (χ0v) is 14.4. The van der Waals surface area contributed by atoms with E-state index >= 15 is 0 Å². The van der Waals surface area contributed by atoms with Crippen LogP contribution in [0.25, 0.3) is 10.9 Å². The fraction of sp³-hybridized carbons (Fsp3) is 0.471. The molecule has 1 heterocycles. The van der Waals surface area contributed by atoms with Crippen LogP contribution in [0.5, 0.6) is 0 Å². The second-order valence-corrected chi connectivity index (χ2v) is 6.47. The summed E-state index contributed by atoms with van der Waals surface area (Å²) in [6.07, 6.45) is 6.87. The Labute approximate surface area is 135 Å². The Morgan fingerprint density at radius 1 is 1.33 bits per heavy atom. The quantitative estimate of drug-likeness (QED) is 0.674. The first kappa shape index (κ1) is 16.1. The average molecular weight is 350 g/mol. The highest BCUT2D eigenvalue weighted by atomic mass is 79.9. The molecule has 0 aliphatic carbocycles. The average Bonchev–Trinajstić information content (AvgIpc) is 2.49. The summed E-state index contributed by atoms with van der Waals surface area (Å²) in [6, 6.07) is 6.01. The Balaban J connectivity index is 2.17. The van der Waals surface area contributed by atoms with Gasteiger partial charge in [-0.1, -0.05) is 33.1 Å². The molecule has 114 valence electrons. The maximum absolute atomic E-state index is 6.05. The largest absolute Gasteiger partial charge is 0.398 e. The van der Waals surface area contributed by atoms with E-state index in [1.165, 1.54) is 25.7 Å². The molecule has 21 heavy (non-hydrogen) atoms. The van der Waals surface area contributed by atoms with Crippen molar-refractivity contribution in [2.24, 2.45) is 5.92 Å². The SMILES string of the molecule is CCCCC(CC)CNc1ccc(N)c2cc(Br)cnc12. The number of nitrogens with zero attached hydrogens (tertiary/aromatic N) is 1. The summed E-state index contributed by atoms with van der Waals surface area (Å²) in [7, 11) is 0. The molecule has 1 aromatic carbocycles. The zero-order chi connectivity index (χ0) is 15.2. The highest BCUT2D eigenvalue weighted by Gasteiger charge is 2.09. The van der Waals surface area contributed by atoms with Gasteiger partial charge in [0.2, 0.25) is 0 Å². The molecule has 0 amide bonds. The summed E-state index contributed by atoms with van der Waals surface area (Å²) in [6.45, 7) is 5.50. The lowest BCUT2D eigenvalue weighted by Crippen LogP contribution is -2.14. The minimum absolute atomic E-state index is 0.716. The van der Waals surface area contributed by atoms with Gasteiger partial charge in [0.15, 0.2) is 0 Å². The number of aromatic nitrogens is 1. The molecular weight excluding hydrogens is 326 g/mol. The maximum atomic E-state index is 6.05. The van der Waals surface area contributed by atoms with Gasteiger partial charge in [-0.2, -0.15) is 0 Å². The van der Waals surface area contributed by atoms with E-state index in [0.717, 1.165) is 33.3 Å². The molecule has 0 bridgehead atoms. The summed E-state index contributed by atoms with van der Waals surface area (Å²) in [5.74, 6) is 0.716. The molecule has 1 aromatic heterocycles. The standard InChI is InChI=1S/C17H24BrN3/c1-3-5-6-12(4-2)10-20-16-8-7-15(19)14-9-13(18)11-21-17(14)16/h7-9,11-12,20H,3-6,10,19H2,1-2H3. The smallest absolute Gasteiger partial charge is 0.0954 e. The normalized spacial score (nSPS) is 12.5. The molecule has 1 atom stereocenters. The van der Waals surface area contributed by atoms with Crippen LogP contribution in [0.2, 0.25) is 0 Å². The number of hydrogen-bond donors (Lipinski definition) is 2. The van der Waals surface area contributed by atoms with Crippen LogP contribution >= 0.6 is 15.9 Å². The summed E-state index contributed by atoms with van der Waals surface area (Å²) in [4.78, 5) is 4.52. The number of pyridine rings is 1. The fourth-order valence-electron chi connectivity index (χ4n) is 2.56. The molecule has 0 spiro atoms. The van der Waals surface area contributed by atoms with E-state index in [4.69, 9.17) is 5.73 Å². The van der Waals surface area contributed by atoms with Crippen molar-refractivity contribution in [1.29, 1.82) is 0 Å². The summed E-state index contributed by atoms with van der Waals surface area (Å²) in [5.41, 5.74) is 8.84. The van der Waals surface area contributed by atoms with Gasteiger partial charge < -0.3 is 11.1 Å². The van der Waals surface area contributed by atoms with Crippen molar-refractivity contribution < 1.29 is 0 Å². The van der Waals surface area contributed by atoms with Gasteiger partial charge in [0, 0.05) is 28.3 Å². The monoisotopic (exact) mass is 349 g/mol. The molecule has 0 fully saturated rings. The summed E-state index contributed by atoms with van der Waals surface area (Å²) >= 11 is 3.45. The molecule has 0 saturated carbocycles. The van der Waals surface area contributed by atoms with E-state index in [9.17, 15) is 0 Å². The van der Waals surface area contributed by atoms with Crippen LogP contribution in [0.15, 0.2) is 28.9 Å². The van der Waals surface area contributed by atoms with Crippen LogP contribution in [0.1, 0.15) is 39.5 Å². The molecule has 1 unspecified atom stereocenters. The molecular formula is C17H24BrN3. The molecule has 3 N–H and O–H groups in total. The third kappa shape index (κ3) is 4.10. The minimum atomic E-state index is 0.716. The Morgan fingerprint density at radius 2 is 2.14 bits per heavy atom. The molecule has 0 radical (unpaired) electrons. The van der Waals surface area contributed by atoms with Crippen LogP contribution in [0.3, 0.4) is 0 Å². The van der Waals surface area contributed by atoms with Crippen LogP contribution in [0.4, 0.5) is 11.4 Å². The molecule has 0 aliphatic rings. The van der Waals surface area contributed by atoms with E-state index < -0.39 is 0 Å². The van der Waals surface area contributed by atoms with E-state index in [2.05, 4.69) is 40.1 Å². The molecule has 4 heteroatoms. The van der Waals surface area contributed by atoms with Crippen LogP contribution < -0.4 is 11.1 Å². The number of anilines is 2. The lowest BCUT2D eigenvalue weighted by atomic mass is 9.99. The van der Waals surface area contributed by atoms with Crippen molar-refractivity contribution in [3.63, 3.8) is 0 Å². The Kier molecular flexibility index (Phi) is 5.85. The number of nitrogens with one attached hydrogen (secondary N) is 1. The predicted molar refractivity (Wildman–Crippen MR) is 95.7 cm³/mol. The highest BCUT2D eigenvalue weighted by Crippen LogP contribution is 2.29. The van der Waals surface area contributed by atoms with Gasteiger partial charge in [0.1, 0.15) is 0 Å². The third-order valence-electron chi connectivity index (χ3n) is 3.97. The van der Waals surface area contributed by atoms with Gasteiger partial charge in [-0.05, 0) is 46.5 Å². The molecule has 2 aromatic rings. The van der Waals surface area contributed by atoms with Crippen LogP contribution in [-0.2, 0) is 0 Å². The second-order valence-electron chi connectivity index (χ2n) is 5.55. The second kappa shape index (κ2) is 7.64. The number of nitrogen functional groups attached to an aromatic ring is 1. The number of rotatable bonds is 7. The predicted octanol–water partition coefficient (Wildman–Crippen LogP) is 5.21. The van der Waals surface area contributed by atoms with Crippen molar-refractivity contribution in [3.8, 4) is 0 Å². The van der Waals surface area contributed by atoms with E-state index in [1.807, 2.05) is 24.4 Å². The highest BCUT2D eigenvalue weighted by molar-refractivity contribution is 9.10. The van der Waals surface area contributed by atoms with Gasteiger partial charge in [0.05, 0.1) is 11.2 Å². The zero-order valence-electron chi connectivity index (χ0n) is 12.8. The first-order valence-corrected chi connectivity index (χ1v) is 8.52. The topological polar surface area (TPSA) is 50.9 Å². The first-order valence-electron chi connectivity index (χ1n) is 7.73. The summed E-state index contributed by atoms with van der Waals surface area (Å²) < 4.78 is 0.952. The van der Waals surface area contributed by atoms with Crippen molar-refractivity contribution in [1.82, 2.24) is 4.98 Å². The van der Waals surface area contributed by atoms with Crippen molar-refractivity contribution in [2.45, 2.75) is 39.5 Å². The number of fused-ring (bicyclic) bond motifs is 1. The minimum Gasteiger partial charge on any atom is -0.398 e. The van der Waals surface area contributed by atoms with Crippen molar-refractivity contribution in [3.05, 3.63) is 28.9 Å². The molecule has 0 aliphatic heterocycles. The Hall–Kier alpha value is -1.29. The van der Waals surface area contributed by atoms with Gasteiger partial charge in [-0.3, -0.25) is 4.98 Å². The maximum Gasteiger partial charge on any atom is 0.0954 e. The molecule has 2 rings (SSSR count). The summed E-state index contributed by atoms with van der Waals surface area (Å²) in [5, 5.41) is 4.56. The first-order chi connectivity index (χ1) is 10.2. The van der Waals surface area contributed by atoms with Gasteiger partial charge in [-0.25, -0.2) is 0 Å². The van der Waals surface area contributed by atoms with E-state index in [1.54, 1.807) is 0 Å². The third-order valence-corrected chi connectivity index (χ3v) is 4.41. The molecule has 0 saturated heterocycles. The lowest BCUT2D eigenvalue weighted by molar-refractivity contribution is 0.473. The molecule has 3 nitrogen and oxygen atoms in total. The van der Waals surface area contributed by atoms with Gasteiger partial charge in [-0.15, -0.1) is 0 Å². The number of nitrogens with two attached hydrogens (primary N) is 1. The Morgan fingerprint density at radius 3 is 2.86 bits per heavy atom. The van der Waals surface area contributed by atoms with Crippen LogP contribution in [0, 0.1) is 5.92 Å². The van der Waals surface area contributed by atoms with E-state index in [0.29, 0.717) is 5.92 Å². The van der Waals surface area contributed by atoms with E-state index in [-0.39, 0.29) is 0 Å². The van der Waals surface area contributed by atoms with Crippen molar-refractivity contribution in [2.75, 3.05) is 17.6 Å². The van der Waals surface area contributed by atoms with Crippen LogP contribution in [-0.4, -0.2) is 11.5 Å². The number of halogens is 1. The number of unbranched alkanes of at least 4 members (excludes halogenated alkanes) is 1. The van der Waals surface area contributed by atoms with Gasteiger partial charge >= 0.3 is 0 Å². The fourth-order valence-corrected chi connectivity index (χ4v) is 2.89. The number of hydrogen-bond acceptors (Lipinski definition) is 3.